The number of nitrogens with two attached hydrogens (primary N) is 4. The summed E-state index contributed by atoms with van der Waals surface area (Å²) in [6.45, 7) is 2.17. The lowest BCUT2D eigenvalue weighted by molar-refractivity contribution is 0.0282. The minimum absolute atomic E-state index is 0.0944. The zero-order chi connectivity index (χ0) is 18.7. The molecule has 9 nitrogen and oxygen atoms in total. The molecule has 1 aliphatic heterocycles. The number of nitrogens with one attached hydrogen (secondary N) is 2. The molecule has 0 saturated carbocycles. The molecule has 1 amide bonds. The van der Waals surface area contributed by atoms with E-state index in [1.807, 2.05) is 6.07 Å². The summed E-state index contributed by atoms with van der Waals surface area (Å²) in [6.07, 6.45) is 1.33. The average molecular weight is 357 g/mol. The monoisotopic (exact) mass is 357 g/mol. The Bertz CT molecular complexity index is 798. The summed E-state index contributed by atoms with van der Waals surface area (Å²) in [6, 6.07) is 8.33. The molecule has 138 valence electrons. The van der Waals surface area contributed by atoms with Gasteiger partial charge >= 0.3 is 0 Å². The fourth-order valence-electron chi connectivity index (χ4n) is 2.72. The van der Waals surface area contributed by atoms with Crippen LogP contribution in [0.4, 0.5) is 11.4 Å². The highest BCUT2D eigenvalue weighted by Gasteiger charge is 2.20. The Labute approximate surface area is 151 Å². The highest BCUT2D eigenvalue weighted by Crippen LogP contribution is 2.27. The van der Waals surface area contributed by atoms with Crippen LogP contribution in [0.3, 0.4) is 0 Å². The number of morpholine rings is 1. The maximum absolute atomic E-state index is 12.5. The Morgan fingerprint density at radius 1 is 1.27 bits per heavy atom. The van der Waals surface area contributed by atoms with E-state index in [2.05, 4.69) is 15.6 Å². The highest BCUT2D eigenvalue weighted by atomic mass is 16.5. The molecule has 1 aromatic carbocycles. The number of benzene rings is 1. The van der Waals surface area contributed by atoms with Crippen molar-refractivity contribution >= 4 is 17.3 Å². The lowest BCUT2D eigenvalue weighted by Gasteiger charge is -2.25. The third kappa shape index (κ3) is 4.15. The first-order chi connectivity index (χ1) is 12.3. The second-order valence-electron chi connectivity index (χ2n) is 6.22. The van der Waals surface area contributed by atoms with Gasteiger partial charge in [-0.05, 0) is 24.3 Å². The lowest BCUT2D eigenvalue weighted by Crippen LogP contribution is -2.55. The minimum atomic E-state index is -1.61. The average Bonchev–Trinajstić information content (AvgIpc) is 2.62. The number of hydrogen-bond donors (Lipinski definition) is 6. The van der Waals surface area contributed by atoms with E-state index in [0.717, 1.165) is 12.1 Å². The number of aromatic nitrogens is 1. The van der Waals surface area contributed by atoms with Gasteiger partial charge < -0.3 is 21.1 Å². The molecule has 0 spiro atoms. The van der Waals surface area contributed by atoms with Gasteiger partial charge in [-0.3, -0.25) is 27.0 Å². The van der Waals surface area contributed by atoms with Crippen LogP contribution in [0.2, 0.25) is 0 Å². The van der Waals surface area contributed by atoms with Gasteiger partial charge in [-0.25, -0.2) is 0 Å². The molecule has 1 aromatic heterocycles. The first-order valence-corrected chi connectivity index (χ1v) is 8.21. The summed E-state index contributed by atoms with van der Waals surface area (Å²) < 4.78 is 5.71. The number of ether oxygens (including phenoxy) is 1. The first kappa shape index (κ1) is 18.2. The van der Waals surface area contributed by atoms with Crippen molar-refractivity contribution in [2.75, 3.05) is 30.7 Å². The summed E-state index contributed by atoms with van der Waals surface area (Å²) >= 11 is 0. The lowest BCUT2D eigenvalue weighted by atomic mass is 10.1. The number of carbonyl (C=O) groups excluding carboxylic acids is 1. The third-order valence-corrected chi connectivity index (χ3v) is 4.08. The van der Waals surface area contributed by atoms with Gasteiger partial charge in [-0.1, -0.05) is 6.07 Å². The molecule has 2 heterocycles. The van der Waals surface area contributed by atoms with Gasteiger partial charge in [0.15, 0.2) is 5.79 Å². The predicted octanol–water partition coefficient (Wildman–Crippen LogP) is -0.437. The Balaban J connectivity index is 1.74. The number of nitrogens with zero attached hydrogens (tertiary/aromatic N) is 1. The zero-order valence-electron chi connectivity index (χ0n) is 14.2. The Morgan fingerprint density at radius 3 is 2.73 bits per heavy atom. The number of anilines is 2. The van der Waals surface area contributed by atoms with Crippen molar-refractivity contribution in [1.29, 1.82) is 0 Å². The van der Waals surface area contributed by atoms with Crippen LogP contribution in [0.1, 0.15) is 27.7 Å². The zero-order valence-corrected chi connectivity index (χ0v) is 14.2. The predicted molar refractivity (Wildman–Crippen MR) is 98.8 cm³/mol. The highest BCUT2D eigenvalue weighted by molar-refractivity contribution is 6.04. The smallest absolute Gasteiger partial charge is 0.255 e. The largest absolute Gasteiger partial charge is 0.398 e. The van der Waals surface area contributed by atoms with E-state index in [-0.39, 0.29) is 17.7 Å². The molecule has 0 aliphatic carbocycles. The van der Waals surface area contributed by atoms with Crippen LogP contribution >= 0.6 is 0 Å². The van der Waals surface area contributed by atoms with Crippen molar-refractivity contribution in [2.45, 2.75) is 11.9 Å². The van der Waals surface area contributed by atoms with Gasteiger partial charge in [0.05, 0.1) is 18.4 Å². The molecule has 1 fully saturated rings. The molecule has 1 saturated heterocycles. The normalized spacial score (nSPS) is 17.7. The number of carbonyl (C=O) groups is 1. The molecule has 0 unspecified atom stereocenters. The van der Waals surface area contributed by atoms with Crippen LogP contribution in [0.15, 0.2) is 36.5 Å². The summed E-state index contributed by atoms with van der Waals surface area (Å²) in [4.78, 5) is 16.4. The van der Waals surface area contributed by atoms with Crippen molar-refractivity contribution in [1.82, 2.24) is 10.3 Å². The molecular formula is C17H23N7O2. The summed E-state index contributed by atoms with van der Waals surface area (Å²) in [5, 5.41) is 6.04. The number of nitrogen functional groups attached to an aromatic ring is 1. The Hall–Kier alpha value is -2.56. The summed E-state index contributed by atoms with van der Waals surface area (Å²) in [5.41, 5.74) is 25.5. The van der Waals surface area contributed by atoms with Crippen molar-refractivity contribution in [3.63, 3.8) is 0 Å². The summed E-state index contributed by atoms with van der Waals surface area (Å²) in [5.74, 6) is -1.96. The van der Waals surface area contributed by atoms with Gasteiger partial charge in [0.1, 0.15) is 0 Å². The summed E-state index contributed by atoms with van der Waals surface area (Å²) in [7, 11) is 0. The van der Waals surface area contributed by atoms with Crippen molar-refractivity contribution < 1.29 is 9.53 Å². The topological polar surface area (TPSA) is 167 Å². The SMILES string of the molecule is Nc1cc(NC(=O)c2ccnc(C(N)(N)N)c2)ccc1[C@@H]1CNCCO1. The maximum atomic E-state index is 12.5. The molecule has 0 radical (unpaired) electrons. The fourth-order valence-corrected chi connectivity index (χ4v) is 2.72. The van der Waals surface area contributed by atoms with Crippen LogP contribution < -0.4 is 33.6 Å². The van der Waals surface area contributed by atoms with E-state index in [1.165, 1.54) is 12.3 Å². The van der Waals surface area contributed by atoms with Crippen molar-refractivity contribution in [2.24, 2.45) is 17.2 Å². The molecule has 2 aromatic rings. The third-order valence-electron chi connectivity index (χ3n) is 4.08. The van der Waals surface area contributed by atoms with Crippen LogP contribution in [0.25, 0.3) is 0 Å². The van der Waals surface area contributed by atoms with Crippen LogP contribution in [0, 0.1) is 0 Å². The van der Waals surface area contributed by atoms with Crippen molar-refractivity contribution in [3.05, 3.63) is 53.3 Å². The standard InChI is InChI=1S/C17H23N7O2/c18-13-8-11(1-2-12(13)14-9-22-5-6-26-14)24-16(25)10-3-4-23-15(7-10)17(19,20)21/h1-4,7-8,14,22H,5-6,9,18-21H2,(H,24,25)/t14-/m0/s1. The molecule has 1 aliphatic rings. The second-order valence-corrected chi connectivity index (χ2v) is 6.22. The first-order valence-electron chi connectivity index (χ1n) is 8.21. The Morgan fingerprint density at radius 2 is 2.08 bits per heavy atom. The number of hydrogen-bond acceptors (Lipinski definition) is 8. The quantitative estimate of drug-likeness (QED) is 0.316. The van der Waals surface area contributed by atoms with E-state index in [4.69, 9.17) is 27.7 Å². The Kier molecular flexibility index (Phi) is 5.16. The maximum Gasteiger partial charge on any atom is 0.255 e. The van der Waals surface area contributed by atoms with Crippen LogP contribution in [-0.2, 0) is 10.5 Å². The molecule has 0 bridgehead atoms. The van der Waals surface area contributed by atoms with Gasteiger partial charge in [-0.2, -0.15) is 0 Å². The molecule has 1 atom stereocenters. The molecule has 26 heavy (non-hydrogen) atoms. The van der Waals surface area contributed by atoms with E-state index in [0.29, 0.717) is 30.1 Å². The van der Waals surface area contributed by atoms with E-state index in [1.54, 1.807) is 18.2 Å². The molecule has 10 N–H and O–H groups in total. The van der Waals surface area contributed by atoms with E-state index < -0.39 is 5.79 Å². The van der Waals surface area contributed by atoms with Gasteiger partial charge in [0.25, 0.3) is 5.91 Å². The molecule has 3 rings (SSSR count). The molecule has 9 heteroatoms. The van der Waals surface area contributed by atoms with Crippen LogP contribution in [0.5, 0.6) is 0 Å². The van der Waals surface area contributed by atoms with Crippen molar-refractivity contribution in [3.8, 4) is 0 Å². The fraction of sp³-hybridized carbons (Fsp3) is 0.294. The number of pyridine rings is 1. The second kappa shape index (κ2) is 7.36. The van der Waals surface area contributed by atoms with E-state index >= 15 is 0 Å². The minimum Gasteiger partial charge on any atom is -0.398 e. The van der Waals surface area contributed by atoms with E-state index in [9.17, 15) is 4.79 Å². The van der Waals surface area contributed by atoms with Gasteiger partial charge in [-0.15, -0.1) is 0 Å². The van der Waals surface area contributed by atoms with Gasteiger partial charge in [0, 0.05) is 41.8 Å². The molecular weight excluding hydrogens is 334 g/mol. The number of amides is 1. The number of rotatable bonds is 4. The van der Waals surface area contributed by atoms with Gasteiger partial charge in [0.2, 0.25) is 0 Å². The van der Waals surface area contributed by atoms with Crippen LogP contribution in [-0.4, -0.2) is 30.6 Å².